The lowest BCUT2D eigenvalue weighted by Gasteiger charge is -2.32. The minimum absolute atomic E-state index is 0.0125. The average molecular weight is 413 g/mol. The van der Waals surface area contributed by atoms with E-state index in [1.165, 1.54) is 14.1 Å². The maximum Gasteiger partial charge on any atom is 0.332 e. The molecule has 30 heavy (non-hydrogen) atoms. The number of nitrogens with one attached hydrogen (secondary N) is 1. The summed E-state index contributed by atoms with van der Waals surface area (Å²) in [5, 5.41) is 2.91. The summed E-state index contributed by atoms with van der Waals surface area (Å²) in [6, 6.07) is 5.45. The molecule has 0 spiro atoms. The van der Waals surface area contributed by atoms with Gasteiger partial charge in [0.05, 0.1) is 6.54 Å². The Morgan fingerprint density at radius 1 is 1.17 bits per heavy atom. The van der Waals surface area contributed by atoms with Gasteiger partial charge in [-0.2, -0.15) is 0 Å². The van der Waals surface area contributed by atoms with Crippen molar-refractivity contribution in [1.82, 2.24) is 14.5 Å². The molecule has 0 atom stereocenters. The first-order chi connectivity index (χ1) is 14.1. The van der Waals surface area contributed by atoms with Gasteiger partial charge in [-0.3, -0.25) is 23.5 Å². The molecule has 2 heterocycles. The van der Waals surface area contributed by atoms with Crippen molar-refractivity contribution in [3.05, 3.63) is 55.7 Å². The van der Waals surface area contributed by atoms with E-state index in [1.54, 1.807) is 12.1 Å². The van der Waals surface area contributed by atoms with Crippen LogP contribution in [0.25, 0.3) is 0 Å². The Kier molecular flexibility index (Phi) is 5.82. The van der Waals surface area contributed by atoms with Gasteiger partial charge in [0.25, 0.3) is 11.5 Å². The smallest absolute Gasteiger partial charge is 0.332 e. The highest BCUT2D eigenvalue weighted by Gasteiger charge is 2.27. The van der Waals surface area contributed by atoms with Crippen LogP contribution in [0.1, 0.15) is 46.5 Å². The first kappa shape index (κ1) is 21.4. The number of nitrogens with two attached hydrogens (primary N) is 1. The highest BCUT2D eigenvalue weighted by Crippen LogP contribution is 2.30. The number of aromatic nitrogens is 2. The second-order valence-corrected chi connectivity index (χ2v) is 7.85. The molecule has 1 aliphatic heterocycles. The van der Waals surface area contributed by atoms with Crippen molar-refractivity contribution < 1.29 is 9.59 Å². The van der Waals surface area contributed by atoms with Crippen molar-refractivity contribution in [2.45, 2.75) is 32.7 Å². The van der Waals surface area contributed by atoms with E-state index < -0.39 is 17.0 Å². The molecule has 1 aromatic heterocycles. The van der Waals surface area contributed by atoms with Gasteiger partial charge in [0.2, 0.25) is 0 Å². The quantitative estimate of drug-likeness (QED) is 0.687. The molecular weight excluding hydrogens is 386 g/mol. The third kappa shape index (κ3) is 3.74. The van der Waals surface area contributed by atoms with E-state index in [0.29, 0.717) is 12.1 Å². The predicted octanol–water partition coefficient (Wildman–Crippen LogP) is 0.440. The van der Waals surface area contributed by atoms with Gasteiger partial charge >= 0.3 is 5.69 Å². The average Bonchev–Trinajstić information content (AvgIpc) is 2.70. The van der Waals surface area contributed by atoms with Gasteiger partial charge in [-0.1, -0.05) is 6.07 Å². The van der Waals surface area contributed by atoms with Crippen LogP contribution in [0, 0.1) is 0 Å². The maximum absolute atomic E-state index is 13.0. The third-order valence-corrected chi connectivity index (χ3v) is 5.33. The second kappa shape index (κ2) is 8.17. The summed E-state index contributed by atoms with van der Waals surface area (Å²) >= 11 is 0. The molecule has 9 nitrogen and oxygen atoms in total. The van der Waals surface area contributed by atoms with Gasteiger partial charge < -0.3 is 16.0 Å². The molecule has 0 unspecified atom stereocenters. The Morgan fingerprint density at radius 2 is 1.87 bits per heavy atom. The Morgan fingerprint density at radius 3 is 2.53 bits per heavy atom. The zero-order valence-electron chi connectivity index (χ0n) is 17.7. The molecule has 3 rings (SSSR count). The number of fused-ring (bicyclic) bond motifs is 1. The molecule has 9 heteroatoms. The summed E-state index contributed by atoms with van der Waals surface area (Å²) in [4.78, 5) is 52.0. The molecule has 1 amide bonds. The number of Topliss-reactive ketones (excluding diaryl/α,β-unsaturated/α-hetero) is 1. The number of nitrogens with zero attached hydrogens (tertiary/aromatic N) is 3. The number of hydrogen-bond donors (Lipinski definition) is 2. The summed E-state index contributed by atoms with van der Waals surface area (Å²) in [5.74, 6) is -0.754. The van der Waals surface area contributed by atoms with Crippen LogP contribution < -0.4 is 27.2 Å². The van der Waals surface area contributed by atoms with E-state index in [4.69, 9.17) is 5.73 Å². The van der Waals surface area contributed by atoms with Crippen LogP contribution in [-0.4, -0.2) is 40.0 Å². The molecule has 0 radical (unpaired) electrons. The standard InChI is InChI=1S/C21H27N5O4/c1-12(2)23-19(28)14-7-5-9-15-13(14)8-6-10-26(15)11-16(27)17-18(22)24(3)21(30)25(4)20(17)29/h5,7,9,12H,6,8,10-11,22H2,1-4H3,(H,23,28). The van der Waals surface area contributed by atoms with Crippen molar-refractivity contribution >= 4 is 23.2 Å². The predicted molar refractivity (Wildman–Crippen MR) is 115 cm³/mol. The SMILES string of the molecule is CC(C)NC(=O)c1cccc2c1CCCN2CC(=O)c1c(N)n(C)c(=O)n(C)c1=O. The number of hydrogen-bond acceptors (Lipinski definition) is 6. The Bertz CT molecular complexity index is 1130. The molecule has 0 saturated carbocycles. The first-order valence-corrected chi connectivity index (χ1v) is 9.89. The van der Waals surface area contributed by atoms with Gasteiger partial charge in [0.15, 0.2) is 5.78 Å². The van der Waals surface area contributed by atoms with E-state index in [9.17, 15) is 19.2 Å². The highest BCUT2D eigenvalue weighted by atomic mass is 16.2. The summed E-state index contributed by atoms with van der Waals surface area (Å²) in [5.41, 5.74) is 6.71. The number of nitrogen functional groups attached to an aromatic ring is 1. The summed E-state index contributed by atoms with van der Waals surface area (Å²) in [6.45, 7) is 4.34. The van der Waals surface area contributed by atoms with E-state index in [2.05, 4.69) is 5.32 Å². The molecule has 0 bridgehead atoms. The van der Waals surface area contributed by atoms with Crippen LogP contribution in [-0.2, 0) is 20.5 Å². The van der Waals surface area contributed by atoms with Crippen LogP contribution in [0.5, 0.6) is 0 Å². The maximum atomic E-state index is 13.0. The van der Waals surface area contributed by atoms with Crippen molar-refractivity contribution in [2.24, 2.45) is 14.1 Å². The monoisotopic (exact) mass is 413 g/mol. The van der Waals surface area contributed by atoms with Gasteiger partial charge in [0, 0.05) is 37.9 Å². The molecular formula is C21H27N5O4. The summed E-state index contributed by atoms with van der Waals surface area (Å²) in [7, 11) is 2.74. The Hall–Kier alpha value is -3.36. The van der Waals surface area contributed by atoms with E-state index in [-0.39, 0.29) is 29.9 Å². The number of benzene rings is 1. The van der Waals surface area contributed by atoms with Crippen LogP contribution in [0.3, 0.4) is 0 Å². The number of carbonyl (C=O) groups is 2. The minimum atomic E-state index is -0.706. The Labute approximate surface area is 174 Å². The number of amides is 1. The number of carbonyl (C=O) groups excluding carboxylic acids is 2. The van der Waals surface area contributed by atoms with Gasteiger partial charge in [0.1, 0.15) is 11.4 Å². The van der Waals surface area contributed by atoms with Crippen LogP contribution in [0.15, 0.2) is 27.8 Å². The molecule has 0 fully saturated rings. The van der Waals surface area contributed by atoms with Crippen molar-refractivity contribution in [3.63, 3.8) is 0 Å². The third-order valence-electron chi connectivity index (χ3n) is 5.33. The van der Waals surface area contributed by atoms with Crippen molar-refractivity contribution in [2.75, 3.05) is 23.7 Å². The summed E-state index contributed by atoms with van der Waals surface area (Å²) in [6.07, 6.45) is 1.50. The van der Waals surface area contributed by atoms with Crippen LogP contribution in [0.2, 0.25) is 0 Å². The van der Waals surface area contributed by atoms with Gasteiger partial charge in [-0.15, -0.1) is 0 Å². The van der Waals surface area contributed by atoms with Crippen molar-refractivity contribution in [1.29, 1.82) is 0 Å². The fraction of sp³-hybridized carbons (Fsp3) is 0.429. The zero-order chi connectivity index (χ0) is 22.2. The topological polar surface area (TPSA) is 119 Å². The largest absolute Gasteiger partial charge is 0.384 e. The zero-order valence-corrected chi connectivity index (χ0v) is 17.7. The van der Waals surface area contributed by atoms with Gasteiger partial charge in [-0.05, 0) is 44.4 Å². The van der Waals surface area contributed by atoms with Crippen LogP contribution in [0.4, 0.5) is 11.5 Å². The molecule has 1 aliphatic rings. The van der Waals surface area contributed by atoms with Crippen LogP contribution >= 0.6 is 0 Å². The molecule has 0 aliphatic carbocycles. The highest BCUT2D eigenvalue weighted by molar-refractivity contribution is 6.03. The number of anilines is 2. The number of ketones is 1. The first-order valence-electron chi connectivity index (χ1n) is 9.89. The van der Waals surface area contributed by atoms with Gasteiger partial charge in [-0.25, -0.2) is 4.79 Å². The lowest BCUT2D eigenvalue weighted by Crippen LogP contribution is -2.44. The molecule has 1 aromatic carbocycles. The molecule has 0 saturated heterocycles. The fourth-order valence-corrected chi connectivity index (χ4v) is 3.79. The molecule has 160 valence electrons. The van der Waals surface area contributed by atoms with Crippen molar-refractivity contribution in [3.8, 4) is 0 Å². The second-order valence-electron chi connectivity index (χ2n) is 7.85. The van der Waals surface area contributed by atoms with E-state index >= 15 is 0 Å². The summed E-state index contributed by atoms with van der Waals surface area (Å²) < 4.78 is 1.97. The lowest BCUT2D eigenvalue weighted by molar-refractivity contribution is 0.0941. The lowest BCUT2D eigenvalue weighted by atomic mass is 9.95. The normalized spacial score (nSPS) is 13.3. The fourth-order valence-electron chi connectivity index (χ4n) is 3.79. The number of rotatable bonds is 5. The minimum Gasteiger partial charge on any atom is -0.384 e. The molecule has 3 N–H and O–H groups in total. The van der Waals surface area contributed by atoms with E-state index in [0.717, 1.165) is 33.2 Å². The molecule has 2 aromatic rings. The Balaban J connectivity index is 1.97. The van der Waals surface area contributed by atoms with E-state index in [1.807, 2.05) is 24.8 Å².